The molecule has 0 spiro atoms. The highest BCUT2D eigenvalue weighted by atomic mass is 16.4. The molecule has 2 atom stereocenters. The predicted octanol–water partition coefficient (Wildman–Crippen LogP) is 2.13. The number of amides is 1. The minimum atomic E-state index is -0.850. The first-order valence-corrected chi connectivity index (χ1v) is 7.04. The second-order valence-electron chi connectivity index (χ2n) is 6.04. The lowest BCUT2D eigenvalue weighted by molar-refractivity contribution is -0.151. The van der Waals surface area contributed by atoms with Gasteiger partial charge >= 0.3 is 5.97 Å². The SMILES string of the molecule is CC1CCC(C(=O)N2CCC(C)C2C(=O)O)CC1. The monoisotopic (exact) mass is 253 g/mol. The molecule has 0 aromatic carbocycles. The van der Waals surface area contributed by atoms with E-state index < -0.39 is 12.0 Å². The number of hydrogen-bond acceptors (Lipinski definition) is 2. The first-order chi connectivity index (χ1) is 8.50. The number of carbonyl (C=O) groups is 2. The van der Waals surface area contributed by atoms with Crippen molar-refractivity contribution in [3.8, 4) is 0 Å². The fourth-order valence-corrected chi connectivity index (χ4v) is 3.31. The maximum atomic E-state index is 12.4. The highest BCUT2D eigenvalue weighted by Crippen LogP contribution is 2.33. The Bertz CT molecular complexity index is 334. The second kappa shape index (κ2) is 5.29. The van der Waals surface area contributed by atoms with Gasteiger partial charge in [0.1, 0.15) is 6.04 Å². The zero-order valence-corrected chi connectivity index (χ0v) is 11.3. The molecule has 4 heteroatoms. The summed E-state index contributed by atoms with van der Waals surface area (Å²) >= 11 is 0. The molecule has 1 heterocycles. The molecule has 2 aliphatic rings. The van der Waals surface area contributed by atoms with Crippen LogP contribution < -0.4 is 0 Å². The molecule has 102 valence electrons. The molecule has 1 amide bonds. The quantitative estimate of drug-likeness (QED) is 0.820. The van der Waals surface area contributed by atoms with Crippen LogP contribution in [-0.4, -0.2) is 34.5 Å². The van der Waals surface area contributed by atoms with Crippen molar-refractivity contribution in [2.45, 2.75) is 52.0 Å². The molecule has 4 nitrogen and oxygen atoms in total. The number of hydrogen-bond donors (Lipinski definition) is 1. The maximum absolute atomic E-state index is 12.4. The summed E-state index contributed by atoms with van der Waals surface area (Å²) < 4.78 is 0. The van der Waals surface area contributed by atoms with E-state index in [1.807, 2.05) is 6.92 Å². The number of rotatable bonds is 2. The Morgan fingerprint density at radius 2 is 1.67 bits per heavy atom. The Hall–Kier alpha value is -1.06. The average molecular weight is 253 g/mol. The van der Waals surface area contributed by atoms with Crippen LogP contribution in [0.25, 0.3) is 0 Å². The van der Waals surface area contributed by atoms with Gasteiger partial charge in [0.15, 0.2) is 0 Å². The Morgan fingerprint density at radius 3 is 2.22 bits per heavy atom. The number of likely N-dealkylation sites (tertiary alicyclic amines) is 1. The lowest BCUT2D eigenvalue weighted by Crippen LogP contribution is -2.46. The minimum Gasteiger partial charge on any atom is -0.480 e. The number of carboxylic acids is 1. The summed E-state index contributed by atoms with van der Waals surface area (Å²) in [6.07, 6.45) is 4.86. The van der Waals surface area contributed by atoms with Crippen LogP contribution in [0.1, 0.15) is 46.0 Å². The van der Waals surface area contributed by atoms with E-state index >= 15 is 0 Å². The third-order valence-electron chi connectivity index (χ3n) is 4.60. The highest BCUT2D eigenvalue weighted by molar-refractivity contribution is 5.86. The van der Waals surface area contributed by atoms with Crippen LogP contribution in [0, 0.1) is 17.8 Å². The number of carbonyl (C=O) groups excluding carboxylic acids is 1. The van der Waals surface area contributed by atoms with Crippen LogP contribution in [0.2, 0.25) is 0 Å². The highest BCUT2D eigenvalue weighted by Gasteiger charge is 2.41. The van der Waals surface area contributed by atoms with Crippen molar-refractivity contribution < 1.29 is 14.7 Å². The summed E-state index contributed by atoms with van der Waals surface area (Å²) in [6, 6.07) is -0.600. The largest absolute Gasteiger partial charge is 0.480 e. The van der Waals surface area contributed by atoms with Crippen molar-refractivity contribution >= 4 is 11.9 Å². The molecule has 1 saturated heterocycles. The molecule has 2 unspecified atom stereocenters. The van der Waals surface area contributed by atoms with Crippen molar-refractivity contribution in [1.82, 2.24) is 4.90 Å². The zero-order chi connectivity index (χ0) is 13.3. The van der Waals surface area contributed by atoms with Crippen LogP contribution >= 0.6 is 0 Å². The lowest BCUT2D eigenvalue weighted by Gasteiger charge is -2.31. The average Bonchev–Trinajstić information content (AvgIpc) is 2.71. The molecule has 2 fully saturated rings. The van der Waals surface area contributed by atoms with E-state index in [1.54, 1.807) is 4.90 Å². The van der Waals surface area contributed by atoms with Crippen molar-refractivity contribution in [2.75, 3.05) is 6.54 Å². The van der Waals surface area contributed by atoms with Gasteiger partial charge in [-0.05, 0) is 43.9 Å². The van der Waals surface area contributed by atoms with E-state index in [0.29, 0.717) is 12.5 Å². The Kier molecular flexibility index (Phi) is 3.93. The molecule has 1 aliphatic carbocycles. The van der Waals surface area contributed by atoms with Gasteiger partial charge in [0.05, 0.1) is 0 Å². The van der Waals surface area contributed by atoms with E-state index in [-0.39, 0.29) is 17.7 Å². The summed E-state index contributed by atoms with van der Waals surface area (Å²) in [5.41, 5.74) is 0. The molecule has 0 aromatic heterocycles. The van der Waals surface area contributed by atoms with Crippen molar-refractivity contribution in [2.24, 2.45) is 17.8 Å². The van der Waals surface area contributed by atoms with Crippen LogP contribution in [0.5, 0.6) is 0 Å². The van der Waals surface area contributed by atoms with Gasteiger partial charge in [-0.15, -0.1) is 0 Å². The number of nitrogens with zero attached hydrogens (tertiary/aromatic N) is 1. The Balaban J connectivity index is 2.02. The normalized spacial score (nSPS) is 36.7. The molecule has 0 bridgehead atoms. The molecule has 2 rings (SSSR count). The number of aliphatic carboxylic acids is 1. The van der Waals surface area contributed by atoms with Gasteiger partial charge in [0, 0.05) is 12.5 Å². The zero-order valence-electron chi connectivity index (χ0n) is 11.3. The van der Waals surface area contributed by atoms with E-state index in [1.165, 1.54) is 0 Å². The molecular formula is C14H23NO3. The van der Waals surface area contributed by atoms with Gasteiger partial charge in [-0.25, -0.2) is 4.79 Å². The molecule has 0 radical (unpaired) electrons. The van der Waals surface area contributed by atoms with E-state index in [0.717, 1.165) is 32.1 Å². The van der Waals surface area contributed by atoms with Gasteiger partial charge < -0.3 is 10.0 Å². The van der Waals surface area contributed by atoms with E-state index in [4.69, 9.17) is 0 Å². The first-order valence-electron chi connectivity index (χ1n) is 7.04. The summed E-state index contributed by atoms with van der Waals surface area (Å²) in [5.74, 6) is 0.0836. The molecule has 1 aliphatic heterocycles. The Morgan fingerprint density at radius 1 is 1.06 bits per heavy atom. The van der Waals surface area contributed by atoms with E-state index in [9.17, 15) is 14.7 Å². The van der Waals surface area contributed by atoms with Crippen LogP contribution in [0.4, 0.5) is 0 Å². The smallest absolute Gasteiger partial charge is 0.326 e. The van der Waals surface area contributed by atoms with Gasteiger partial charge in [-0.3, -0.25) is 4.79 Å². The van der Waals surface area contributed by atoms with Gasteiger partial charge in [0.2, 0.25) is 5.91 Å². The Labute approximate surface area is 108 Å². The first kappa shape index (κ1) is 13.4. The van der Waals surface area contributed by atoms with Crippen molar-refractivity contribution in [3.63, 3.8) is 0 Å². The third kappa shape index (κ3) is 2.52. The predicted molar refractivity (Wildman–Crippen MR) is 68.0 cm³/mol. The lowest BCUT2D eigenvalue weighted by atomic mass is 9.82. The fraction of sp³-hybridized carbons (Fsp3) is 0.857. The molecule has 0 aromatic rings. The van der Waals surface area contributed by atoms with Gasteiger partial charge in [-0.2, -0.15) is 0 Å². The summed E-state index contributed by atoms with van der Waals surface area (Å²) in [5, 5.41) is 9.25. The second-order valence-corrected chi connectivity index (χ2v) is 6.04. The van der Waals surface area contributed by atoms with Crippen molar-refractivity contribution in [1.29, 1.82) is 0 Å². The third-order valence-corrected chi connectivity index (χ3v) is 4.60. The molecular weight excluding hydrogens is 230 g/mol. The topological polar surface area (TPSA) is 57.6 Å². The molecule has 1 N–H and O–H groups in total. The minimum absolute atomic E-state index is 0.0633. The van der Waals surface area contributed by atoms with Gasteiger partial charge in [0.25, 0.3) is 0 Å². The fourth-order valence-electron chi connectivity index (χ4n) is 3.31. The van der Waals surface area contributed by atoms with E-state index in [2.05, 4.69) is 6.92 Å². The standard InChI is InChI=1S/C14H23NO3/c1-9-3-5-11(6-4-9)13(16)15-8-7-10(2)12(15)14(17)18/h9-12H,3-8H2,1-2H3,(H,17,18). The van der Waals surface area contributed by atoms with Gasteiger partial charge in [-0.1, -0.05) is 13.8 Å². The summed E-state index contributed by atoms with van der Waals surface area (Å²) in [7, 11) is 0. The summed E-state index contributed by atoms with van der Waals surface area (Å²) in [4.78, 5) is 25.3. The summed E-state index contributed by atoms with van der Waals surface area (Å²) in [6.45, 7) is 4.76. The van der Waals surface area contributed by atoms with Crippen LogP contribution in [0.15, 0.2) is 0 Å². The molecule has 18 heavy (non-hydrogen) atoms. The van der Waals surface area contributed by atoms with Crippen molar-refractivity contribution in [3.05, 3.63) is 0 Å². The van der Waals surface area contributed by atoms with Crippen LogP contribution in [-0.2, 0) is 9.59 Å². The number of carboxylic acid groups (broad SMARTS) is 1. The van der Waals surface area contributed by atoms with Crippen LogP contribution in [0.3, 0.4) is 0 Å². The molecule has 1 saturated carbocycles. The maximum Gasteiger partial charge on any atom is 0.326 e.